The van der Waals surface area contributed by atoms with E-state index < -0.39 is 5.97 Å². The maximum Gasteiger partial charge on any atom is 0.354 e. The Morgan fingerprint density at radius 2 is 1.83 bits per heavy atom. The molecule has 0 saturated heterocycles. The van der Waals surface area contributed by atoms with Crippen molar-refractivity contribution in [2.75, 3.05) is 6.61 Å². The second-order valence-electron chi connectivity index (χ2n) is 5.40. The number of ether oxygens (including phenoxy) is 1. The summed E-state index contributed by atoms with van der Waals surface area (Å²) in [6.07, 6.45) is 0.631. The molecule has 2 rings (SSSR count). The summed E-state index contributed by atoms with van der Waals surface area (Å²) in [5.41, 5.74) is 3.50. The van der Waals surface area contributed by atoms with Gasteiger partial charge < -0.3 is 9.30 Å². The molecule has 1 aromatic heterocycles. The van der Waals surface area contributed by atoms with Crippen LogP contribution in [0.25, 0.3) is 16.0 Å². The highest BCUT2D eigenvalue weighted by molar-refractivity contribution is 6.02. The van der Waals surface area contributed by atoms with E-state index in [9.17, 15) is 9.59 Å². The largest absolute Gasteiger partial charge is 0.461 e. The van der Waals surface area contributed by atoms with Gasteiger partial charge in [0.15, 0.2) is 5.78 Å². The van der Waals surface area contributed by atoms with Crippen molar-refractivity contribution in [2.24, 2.45) is 7.05 Å². The number of Topliss-reactive ketones (excluding diaryl/α,β-unsaturated/α-hetero) is 1. The first-order valence-electron chi connectivity index (χ1n) is 7.83. The van der Waals surface area contributed by atoms with Crippen molar-refractivity contribution in [1.29, 1.82) is 0 Å². The van der Waals surface area contributed by atoms with Gasteiger partial charge in [-0.2, -0.15) is 0 Å². The summed E-state index contributed by atoms with van der Waals surface area (Å²) in [6, 6.07) is 6.95. The Kier molecular flexibility index (Phi) is 5.20. The summed E-state index contributed by atoms with van der Waals surface area (Å²) in [4.78, 5) is 27.5. The van der Waals surface area contributed by atoms with E-state index in [0.29, 0.717) is 28.9 Å². The highest BCUT2D eigenvalue weighted by atomic mass is 16.5. The Balaban J connectivity index is 2.73. The van der Waals surface area contributed by atoms with Crippen LogP contribution in [0, 0.1) is 6.57 Å². The standard InChI is InChI=1S/C19H20N2O3/c1-6-15-17(20-4)16(18(21(15)5)19(23)24-7-2)14-10-8-13(9-11-14)12(3)22/h8-11H,6-7H2,1-3,5H3. The Bertz CT molecular complexity index is 824. The fourth-order valence-electron chi connectivity index (χ4n) is 2.83. The molecule has 0 spiro atoms. The first kappa shape index (κ1) is 17.5. The van der Waals surface area contributed by atoms with Crippen molar-refractivity contribution in [3.05, 3.63) is 52.6 Å². The fourth-order valence-corrected chi connectivity index (χ4v) is 2.83. The van der Waals surface area contributed by atoms with Gasteiger partial charge in [-0.15, -0.1) is 0 Å². The van der Waals surface area contributed by atoms with Gasteiger partial charge in [0.25, 0.3) is 0 Å². The molecule has 1 aromatic carbocycles. The van der Waals surface area contributed by atoms with E-state index in [2.05, 4.69) is 4.85 Å². The zero-order chi connectivity index (χ0) is 17.9. The van der Waals surface area contributed by atoms with Crippen molar-refractivity contribution in [3.63, 3.8) is 0 Å². The molecule has 0 N–H and O–H groups in total. The van der Waals surface area contributed by atoms with Crippen LogP contribution >= 0.6 is 0 Å². The number of carbonyl (C=O) groups is 2. The van der Waals surface area contributed by atoms with Gasteiger partial charge in [-0.3, -0.25) is 4.79 Å². The highest BCUT2D eigenvalue weighted by Crippen LogP contribution is 2.39. The normalized spacial score (nSPS) is 10.3. The van der Waals surface area contributed by atoms with Gasteiger partial charge in [0.1, 0.15) is 5.69 Å². The average molecular weight is 324 g/mol. The minimum absolute atomic E-state index is 0.0279. The SMILES string of the molecule is [C-]#[N+]c1c(-c2ccc(C(C)=O)cc2)c(C(=O)OCC)n(C)c1CC. The van der Waals surface area contributed by atoms with E-state index in [1.54, 1.807) is 42.8 Å². The molecule has 0 amide bonds. The summed E-state index contributed by atoms with van der Waals surface area (Å²) in [7, 11) is 1.77. The molecule has 5 nitrogen and oxygen atoms in total. The van der Waals surface area contributed by atoms with Gasteiger partial charge >= 0.3 is 5.97 Å². The van der Waals surface area contributed by atoms with Crippen LogP contribution in [-0.4, -0.2) is 22.9 Å². The molecular weight excluding hydrogens is 304 g/mol. The maximum atomic E-state index is 12.4. The number of rotatable bonds is 5. The van der Waals surface area contributed by atoms with Crippen LogP contribution in [0.3, 0.4) is 0 Å². The first-order chi connectivity index (χ1) is 11.5. The summed E-state index contributed by atoms with van der Waals surface area (Å²) in [5.74, 6) is -0.477. The van der Waals surface area contributed by atoms with Crippen molar-refractivity contribution >= 4 is 17.4 Å². The molecule has 5 heteroatoms. The van der Waals surface area contributed by atoms with Crippen LogP contribution < -0.4 is 0 Å². The number of benzene rings is 1. The number of nitrogens with zero attached hydrogens (tertiary/aromatic N) is 2. The summed E-state index contributed by atoms with van der Waals surface area (Å²) >= 11 is 0. The van der Waals surface area contributed by atoms with Crippen LogP contribution in [0.2, 0.25) is 0 Å². The number of aromatic nitrogens is 1. The third-order valence-electron chi connectivity index (χ3n) is 3.98. The molecule has 0 radical (unpaired) electrons. The number of hydrogen-bond acceptors (Lipinski definition) is 3. The van der Waals surface area contributed by atoms with Gasteiger partial charge in [-0.1, -0.05) is 31.2 Å². The molecule has 1 heterocycles. The third kappa shape index (κ3) is 2.95. The predicted octanol–water partition coefficient (Wildman–Crippen LogP) is 4.18. The quantitative estimate of drug-likeness (QED) is 0.471. The predicted molar refractivity (Wildman–Crippen MR) is 92.5 cm³/mol. The van der Waals surface area contributed by atoms with Crippen molar-refractivity contribution in [1.82, 2.24) is 4.57 Å². The van der Waals surface area contributed by atoms with Crippen molar-refractivity contribution in [2.45, 2.75) is 27.2 Å². The summed E-state index contributed by atoms with van der Waals surface area (Å²) in [6.45, 7) is 13.0. The molecule has 0 aliphatic carbocycles. The lowest BCUT2D eigenvalue weighted by Gasteiger charge is -2.09. The van der Waals surface area contributed by atoms with Gasteiger partial charge in [-0.05, 0) is 25.8 Å². The lowest BCUT2D eigenvalue weighted by Crippen LogP contribution is -2.12. The number of esters is 1. The lowest BCUT2D eigenvalue weighted by atomic mass is 10.0. The van der Waals surface area contributed by atoms with Gasteiger partial charge in [-0.25, -0.2) is 9.64 Å². The molecular formula is C19H20N2O3. The molecule has 0 saturated carbocycles. The monoisotopic (exact) mass is 324 g/mol. The minimum Gasteiger partial charge on any atom is -0.461 e. The molecule has 2 aromatic rings. The van der Waals surface area contributed by atoms with Crippen LogP contribution in [0.1, 0.15) is 47.3 Å². The van der Waals surface area contributed by atoms with E-state index in [1.165, 1.54) is 6.92 Å². The van der Waals surface area contributed by atoms with E-state index in [4.69, 9.17) is 11.3 Å². The molecule has 0 aliphatic heterocycles. The summed E-state index contributed by atoms with van der Waals surface area (Å²) < 4.78 is 6.91. The molecule has 24 heavy (non-hydrogen) atoms. The minimum atomic E-state index is -0.449. The van der Waals surface area contributed by atoms with Gasteiger partial charge in [0.2, 0.25) is 5.69 Å². The van der Waals surface area contributed by atoms with E-state index in [0.717, 1.165) is 11.3 Å². The second kappa shape index (κ2) is 7.14. The lowest BCUT2D eigenvalue weighted by molar-refractivity contribution is 0.0516. The summed E-state index contributed by atoms with van der Waals surface area (Å²) in [5, 5.41) is 0. The number of ketones is 1. The average Bonchev–Trinajstić information content (AvgIpc) is 2.86. The Hall–Kier alpha value is -2.87. The van der Waals surface area contributed by atoms with Crippen LogP contribution in [0.5, 0.6) is 0 Å². The smallest absolute Gasteiger partial charge is 0.354 e. The molecule has 0 atom stereocenters. The topological polar surface area (TPSA) is 52.7 Å². The first-order valence-corrected chi connectivity index (χ1v) is 7.83. The molecule has 0 unspecified atom stereocenters. The molecule has 0 fully saturated rings. The van der Waals surface area contributed by atoms with Gasteiger partial charge in [0, 0.05) is 23.9 Å². The molecule has 0 aliphatic rings. The Morgan fingerprint density at radius 3 is 2.29 bits per heavy atom. The van der Waals surface area contributed by atoms with E-state index >= 15 is 0 Å². The van der Waals surface area contributed by atoms with Gasteiger partial charge in [0.05, 0.1) is 13.2 Å². The third-order valence-corrected chi connectivity index (χ3v) is 3.98. The number of hydrogen-bond donors (Lipinski definition) is 0. The maximum absolute atomic E-state index is 12.4. The number of carbonyl (C=O) groups excluding carboxylic acids is 2. The Morgan fingerprint density at radius 1 is 1.21 bits per heavy atom. The Labute approximate surface area is 141 Å². The highest BCUT2D eigenvalue weighted by Gasteiger charge is 2.26. The van der Waals surface area contributed by atoms with Crippen LogP contribution in [-0.2, 0) is 18.2 Å². The van der Waals surface area contributed by atoms with Crippen LogP contribution in [0.4, 0.5) is 5.69 Å². The molecule has 0 bridgehead atoms. The zero-order valence-electron chi connectivity index (χ0n) is 14.3. The van der Waals surface area contributed by atoms with E-state index in [-0.39, 0.29) is 12.4 Å². The zero-order valence-corrected chi connectivity index (χ0v) is 14.3. The van der Waals surface area contributed by atoms with Crippen molar-refractivity contribution < 1.29 is 14.3 Å². The second-order valence-corrected chi connectivity index (χ2v) is 5.40. The fraction of sp³-hybridized carbons (Fsp3) is 0.316. The molecule has 124 valence electrons. The van der Waals surface area contributed by atoms with E-state index in [1.807, 2.05) is 6.92 Å². The van der Waals surface area contributed by atoms with Crippen molar-refractivity contribution in [3.8, 4) is 11.1 Å². The van der Waals surface area contributed by atoms with Crippen LogP contribution in [0.15, 0.2) is 24.3 Å².